The molecule has 4 aromatic rings. The normalized spacial score (nSPS) is 20.5. The van der Waals surface area contributed by atoms with Crippen molar-refractivity contribution in [1.29, 1.82) is 0 Å². The maximum Gasteiger partial charge on any atom is 0.673 e. The highest BCUT2D eigenvalue weighted by molar-refractivity contribution is 6.50. The summed E-state index contributed by atoms with van der Waals surface area (Å²) in [4.78, 5) is 2.50. The molecule has 2 aliphatic heterocycles. The van der Waals surface area contributed by atoms with Crippen molar-refractivity contribution in [2.24, 2.45) is 5.41 Å². The molecule has 3 aliphatic rings. The lowest BCUT2D eigenvalue weighted by molar-refractivity contribution is -0.433. The summed E-state index contributed by atoms with van der Waals surface area (Å²) >= 11 is 0. The molecule has 0 aromatic heterocycles. The highest BCUT2D eigenvalue weighted by atomic mass is 19.5. The Kier molecular flexibility index (Phi) is 10.3. The zero-order valence-electron chi connectivity index (χ0n) is 32.3. The minimum absolute atomic E-state index is 0.0728. The van der Waals surface area contributed by atoms with Crippen LogP contribution in [-0.2, 0) is 10.8 Å². The van der Waals surface area contributed by atoms with Crippen LogP contribution in [0, 0.1) is 5.41 Å². The summed E-state index contributed by atoms with van der Waals surface area (Å²) in [5, 5.41) is 5.36. The summed E-state index contributed by atoms with van der Waals surface area (Å²) in [5.41, 5.74) is 11.2. The molecule has 0 saturated carbocycles. The van der Waals surface area contributed by atoms with Gasteiger partial charge in [0.05, 0.1) is 5.41 Å². The SMILES string of the molecule is CCN1/C(=C/C=C/C2=CC(=C/C=C/C3=[N+](CC)c4ccc5ccccc5c4C3(C)C)/CC(C)(C)C2)C(C)(C)c2c1ccc1ccccc21.F[B-](F)(F)F. The minimum Gasteiger partial charge on any atom is -0.418 e. The van der Waals surface area contributed by atoms with Crippen molar-refractivity contribution in [3.63, 3.8) is 0 Å². The summed E-state index contributed by atoms with van der Waals surface area (Å²) in [7, 11) is -6.00. The fourth-order valence-corrected chi connectivity index (χ4v) is 9.00. The Bertz CT molecular complexity index is 2240. The van der Waals surface area contributed by atoms with E-state index < -0.39 is 7.25 Å². The first-order valence-corrected chi connectivity index (χ1v) is 18.8. The molecule has 7 heteroatoms. The lowest BCUT2D eigenvalue weighted by Crippen LogP contribution is -2.27. The predicted octanol–water partition coefficient (Wildman–Crippen LogP) is 13.2. The summed E-state index contributed by atoms with van der Waals surface area (Å²) < 4.78 is 41.5. The molecule has 0 saturated heterocycles. The van der Waals surface area contributed by atoms with E-state index in [1.54, 1.807) is 0 Å². The van der Waals surface area contributed by atoms with Crippen molar-refractivity contribution in [3.8, 4) is 0 Å². The van der Waals surface area contributed by atoms with E-state index in [4.69, 9.17) is 0 Å². The first kappa shape index (κ1) is 38.1. The van der Waals surface area contributed by atoms with E-state index in [0.29, 0.717) is 0 Å². The van der Waals surface area contributed by atoms with Gasteiger partial charge in [0, 0.05) is 41.1 Å². The Morgan fingerprint density at radius 2 is 1.28 bits per heavy atom. The number of fused-ring (bicyclic) bond motifs is 6. The van der Waals surface area contributed by atoms with Crippen LogP contribution in [0.3, 0.4) is 0 Å². The number of nitrogens with zero attached hydrogens (tertiary/aromatic N) is 2. The van der Waals surface area contributed by atoms with E-state index in [0.717, 1.165) is 25.9 Å². The van der Waals surface area contributed by atoms with Crippen LogP contribution in [0.5, 0.6) is 0 Å². The van der Waals surface area contributed by atoms with Crippen LogP contribution < -0.4 is 4.90 Å². The largest absolute Gasteiger partial charge is 0.673 e. The Morgan fingerprint density at radius 3 is 1.91 bits per heavy atom. The molecule has 2 nitrogen and oxygen atoms in total. The van der Waals surface area contributed by atoms with Gasteiger partial charge >= 0.3 is 7.25 Å². The third-order valence-electron chi connectivity index (χ3n) is 11.0. The number of likely N-dealkylation sites (N-methyl/N-ethyl adjacent to an activating group) is 1. The second-order valence-electron chi connectivity index (χ2n) is 16.2. The molecule has 0 atom stereocenters. The Morgan fingerprint density at radius 1 is 0.698 bits per heavy atom. The Labute approximate surface area is 312 Å². The summed E-state index contributed by atoms with van der Waals surface area (Å²) in [5.74, 6) is 0. The van der Waals surface area contributed by atoms with Gasteiger partial charge in [-0.05, 0) is 102 Å². The van der Waals surface area contributed by atoms with E-state index in [1.807, 2.05) is 0 Å². The number of halogens is 4. The van der Waals surface area contributed by atoms with Crippen LogP contribution in [0.15, 0.2) is 132 Å². The lowest BCUT2D eigenvalue weighted by Gasteiger charge is -2.30. The van der Waals surface area contributed by atoms with Gasteiger partial charge in [0.2, 0.25) is 5.69 Å². The van der Waals surface area contributed by atoms with Gasteiger partial charge in [-0.1, -0.05) is 113 Å². The van der Waals surface area contributed by atoms with Crippen LogP contribution in [0.4, 0.5) is 28.6 Å². The van der Waals surface area contributed by atoms with Gasteiger partial charge in [0.1, 0.15) is 6.54 Å². The zero-order chi connectivity index (χ0) is 38.3. The third-order valence-corrected chi connectivity index (χ3v) is 11.0. The number of anilines is 1. The Hall–Kier alpha value is -4.65. The van der Waals surface area contributed by atoms with Gasteiger partial charge in [0.25, 0.3) is 0 Å². The molecule has 2 heterocycles. The van der Waals surface area contributed by atoms with E-state index >= 15 is 0 Å². The van der Waals surface area contributed by atoms with Crippen LogP contribution >= 0.6 is 0 Å². The molecule has 0 radical (unpaired) electrons. The Balaban J connectivity index is 0.000000902. The molecule has 276 valence electrons. The van der Waals surface area contributed by atoms with Crippen molar-refractivity contribution < 1.29 is 21.8 Å². The number of rotatable bonds is 6. The highest BCUT2D eigenvalue weighted by Gasteiger charge is 2.45. The monoisotopic (exact) mass is 718 g/mol. The van der Waals surface area contributed by atoms with Gasteiger partial charge in [-0.15, -0.1) is 0 Å². The highest BCUT2D eigenvalue weighted by Crippen LogP contribution is 2.51. The fourth-order valence-electron chi connectivity index (χ4n) is 9.00. The maximum absolute atomic E-state index is 9.75. The summed E-state index contributed by atoms with van der Waals surface area (Å²) in [6.45, 7) is 20.8. The smallest absolute Gasteiger partial charge is 0.418 e. The van der Waals surface area contributed by atoms with Gasteiger partial charge in [-0.3, -0.25) is 0 Å². The molecule has 53 heavy (non-hydrogen) atoms. The van der Waals surface area contributed by atoms with Crippen LogP contribution in [0.25, 0.3) is 21.5 Å². The van der Waals surface area contributed by atoms with Gasteiger partial charge in [0.15, 0.2) is 5.71 Å². The van der Waals surface area contributed by atoms with Crippen molar-refractivity contribution in [3.05, 3.63) is 143 Å². The first-order valence-electron chi connectivity index (χ1n) is 18.8. The molecule has 1 aliphatic carbocycles. The van der Waals surface area contributed by atoms with E-state index in [9.17, 15) is 17.3 Å². The zero-order valence-corrected chi connectivity index (χ0v) is 32.3. The molecular formula is C46H51BF4N2. The van der Waals surface area contributed by atoms with Crippen LogP contribution in [0.1, 0.15) is 79.4 Å². The number of hydrogen-bond donors (Lipinski definition) is 0. The molecule has 0 unspecified atom stereocenters. The molecule has 0 N–H and O–H groups in total. The molecule has 7 rings (SSSR count). The molecule has 0 amide bonds. The molecule has 0 spiro atoms. The minimum atomic E-state index is -6.00. The van der Waals surface area contributed by atoms with Crippen molar-refractivity contribution in [2.75, 3.05) is 18.0 Å². The number of benzene rings is 4. The van der Waals surface area contributed by atoms with Gasteiger partial charge < -0.3 is 22.2 Å². The molecule has 0 bridgehead atoms. The third kappa shape index (κ3) is 7.58. The standard InChI is InChI=1S/C46H51N2.BF4/c1-9-47-38-27-25-34-19-11-13-21-36(34)42(38)45(5,6)40(47)23-15-17-32-29-33(31-44(3,4)30-32)18-16-24-41-46(7,8)43-37-22-14-12-20-35(37)26-28-39(43)48(41)10-2;2-1(3,4)5/h11-29H,9-10,30-31H2,1-8H3;/q+1;-1. The second-order valence-corrected chi connectivity index (χ2v) is 16.2. The van der Waals surface area contributed by atoms with Gasteiger partial charge in [-0.2, -0.15) is 4.58 Å². The molecule has 0 fully saturated rings. The average Bonchev–Trinajstić information content (AvgIpc) is 3.45. The van der Waals surface area contributed by atoms with E-state index in [1.165, 1.54) is 66.6 Å². The summed E-state index contributed by atoms with van der Waals surface area (Å²) in [6, 6.07) is 26.8. The summed E-state index contributed by atoms with van der Waals surface area (Å²) in [6.07, 6.45) is 18.6. The number of hydrogen-bond acceptors (Lipinski definition) is 1. The predicted molar refractivity (Wildman–Crippen MR) is 218 cm³/mol. The van der Waals surface area contributed by atoms with Gasteiger partial charge in [-0.25, -0.2) is 0 Å². The van der Waals surface area contributed by atoms with E-state index in [2.05, 4.69) is 180 Å². The number of allylic oxidation sites excluding steroid dienone is 10. The van der Waals surface area contributed by atoms with Crippen LogP contribution in [-0.4, -0.2) is 30.6 Å². The average molecular weight is 719 g/mol. The maximum atomic E-state index is 9.75. The quantitative estimate of drug-likeness (QED) is 0.109. The topological polar surface area (TPSA) is 6.25 Å². The molecule has 4 aromatic carbocycles. The fraction of sp³-hybridized carbons (Fsp3) is 0.326. The second kappa shape index (κ2) is 14.3. The first-order chi connectivity index (χ1) is 25.0. The van der Waals surface area contributed by atoms with Crippen molar-refractivity contribution >= 4 is 45.9 Å². The lowest BCUT2D eigenvalue weighted by atomic mass is 9.75. The molecular weight excluding hydrogens is 667 g/mol. The van der Waals surface area contributed by atoms with Crippen molar-refractivity contribution in [1.82, 2.24) is 0 Å². The van der Waals surface area contributed by atoms with E-state index in [-0.39, 0.29) is 16.2 Å². The van der Waals surface area contributed by atoms with Crippen molar-refractivity contribution in [2.45, 2.75) is 79.1 Å². The van der Waals surface area contributed by atoms with Crippen LogP contribution in [0.2, 0.25) is 0 Å².